The molecule has 5 heteroatoms. The molecule has 5 nitrogen and oxygen atoms in total. The molecule has 3 rings (SSSR count). The highest BCUT2D eigenvalue weighted by Crippen LogP contribution is 2.44. The molecule has 0 heterocycles. The summed E-state index contributed by atoms with van der Waals surface area (Å²) >= 11 is 0. The van der Waals surface area contributed by atoms with Crippen LogP contribution in [0.15, 0.2) is 61.0 Å². The summed E-state index contributed by atoms with van der Waals surface area (Å²) in [5, 5.41) is 22.4. The molecule has 0 amide bonds. The quantitative estimate of drug-likeness (QED) is 0.527. The van der Waals surface area contributed by atoms with Gasteiger partial charge >= 0.3 is 5.97 Å². The van der Waals surface area contributed by atoms with Gasteiger partial charge in [-0.3, -0.25) is 4.79 Å². The summed E-state index contributed by atoms with van der Waals surface area (Å²) in [5.74, 6) is -0.286. The van der Waals surface area contributed by atoms with Crippen molar-refractivity contribution in [3.8, 4) is 11.1 Å². The lowest BCUT2D eigenvalue weighted by Gasteiger charge is -2.27. The number of nitrogens with one attached hydrogen (secondary N) is 1. The summed E-state index contributed by atoms with van der Waals surface area (Å²) in [5.41, 5.74) is 4.91. The number of aliphatic carboxylic acids is 1. The van der Waals surface area contributed by atoms with E-state index >= 15 is 0 Å². The third kappa shape index (κ3) is 4.98. The monoisotopic (exact) mass is 395 g/mol. The number of aliphatic hydroxyl groups excluding tert-OH is 1. The van der Waals surface area contributed by atoms with E-state index < -0.39 is 18.1 Å². The highest BCUT2D eigenvalue weighted by Gasteiger charge is 2.29. The van der Waals surface area contributed by atoms with E-state index in [0.29, 0.717) is 18.9 Å². The Kier molecular flexibility index (Phi) is 6.60. The van der Waals surface area contributed by atoms with Gasteiger partial charge in [-0.15, -0.1) is 0 Å². The largest absolute Gasteiger partial charge is 0.481 e. The molecule has 3 N–H and O–H groups in total. The predicted octanol–water partition coefficient (Wildman–Crippen LogP) is 4.13. The van der Waals surface area contributed by atoms with Crippen LogP contribution in [-0.2, 0) is 9.53 Å². The fraction of sp³-hybridized carbons (Fsp3) is 0.375. The maximum Gasteiger partial charge on any atom is 0.306 e. The second kappa shape index (κ2) is 9.14. The Morgan fingerprint density at radius 2 is 1.66 bits per heavy atom. The van der Waals surface area contributed by atoms with E-state index in [1.54, 1.807) is 0 Å². The minimum absolute atomic E-state index is 0.105. The number of ether oxygens (including phenoxy) is 1. The first-order valence-corrected chi connectivity index (χ1v) is 10.0. The molecule has 0 fully saturated rings. The van der Waals surface area contributed by atoms with Gasteiger partial charge in [0.2, 0.25) is 0 Å². The van der Waals surface area contributed by atoms with Crippen LogP contribution in [0.5, 0.6) is 0 Å². The maximum atomic E-state index is 11.0. The van der Waals surface area contributed by atoms with Crippen LogP contribution in [0.25, 0.3) is 11.1 Å². The van der Waals surface area contributed by atoms with Gasteiger partial charge in [0.15, 0.2) is 5.88 Å². The topological polar surface area (TPSA) is 78.8 Å². The lowest BCUT2D eigenvalue weighted by molar-refractivity contribution is -0.139. The molecule has 0 aliphatic heterocycles. The van der Waals surface area contributed by atoms with E-state index in [2.05, 4.69) is 36.2 Å². The molecular formula is C24H29NO4. The van der Waals surface area contributed by atoms with Gasteiger partial charge in [0.25, 0.3) is 0 Å². The molecule has 154 valence electrons. The molecule has 1 aliphatic carbocycles. The second-order valence-electron chi connectivity index (χ2n) is 8.01. The molecule has 1 aliphatic rings. The molecule has 0 bridgehead atoms. The average Bonchev–Trinajstić information content (AvgIpc) is 2.99. The van der Waals surface area contributed by atoms with Crippen LogP contribution in [0.1, 0.15) is 43.7 Å². The molecule has 2 atom stereocenters. The molecule has 0 unspecified atom stereocenters. The van der Waals surface area contributed by atoms with Gasteiger partial charge in [0.1, 0.15) is 6.61 Å². The standard InChI is InChI=1S/C24H29NO4/c1-15(2)12-22(23(26)13-24(27)28)25-16(3)29-14-21-19-10-6-4-8-17(19)18-9-5-7-11-20(18)21/h4-11,15,21-23,25-26H,3,12-14H2,1-2H3,(H,27,28)/t22-,23-/m0/s1. The normalized spacial score (nSPS) is 14.8. The first-order valence-electron chi connectivity index (χ1n) is 10.0. The summed E-state index contributed by atoms with van der Waals surface area (Å²) in [6, 6.07) is 16.2. The Balaban J connectivity index is 1.67. The van der Waals surface area contributed by atoms with Crippen molar-refractivity contribution in [2.45, 2.75) is 44.8 Å². The maximum absolute atomic E-state index is 11.0. The molecular weight excluding hydrogens is 366 g/mol. The SMILES string of the molecule is C=C(N[C@@H](CC(C)C)[C@@H](O)CC(=O)O)OCC1c2ccccc2-c2ccccc21. The zero-order chi connectivity index (χ0) is 21.0. The zero-order valence-electron chi connectivity index (χ0n) is 17.0. The summed E-state index contributed by atoms with van der Waals surface area (Å²) in [6.07, 6.45) is -0.712. The Morgan fingerprint density at radius 3 is 2.17 bits per heavy atom. The van der Waals surface area contributed by atoms with E-state index in [4.69, 9.17) is 9.84 Å². The first kappa shape index (κ1) is 20.9. The molecule has 29 heavy (non-hydrogen) atoms. The van der Waals surface area contributed by atoms with Crippen LogP contribution in [0.4, 0.5) is 0 Å². The summed E-state index contributed by atoms with van der Waals surface area (Å²) in [4.78, 5) is 11.0. The number of carboxylic acid groups (broad SMARTS) is 1. The summed E-state index contributed by atoms with van der Waals surface area (Å²) in [7, 11) is 0. The lowest BCUT2D eigenvalue weighted by atomic mass is 9.97. The number of fused-ring (bicyclic) bond motifs is 3. The zero-order valence-corrected chi connectivity index (χ0v) is 17.0. The van der Waals surface area contributed by atoms with Crippen LogP contribution in [-0.4, -0.2) is 34.9 Å². The third-order valence-corrected chi connectivity index (χ3v) is 5.31. The van der Waals surface area contributed by atoms with Gasteiger partial charge in [0, 0.05) is 5.92 Å². The van der Waals surface area contributed by atoms with Gasteiger partial charge in [-0.25, -0.2) is 0 Å². The minimum atomic E-state index is -1.03. The van der Waals surface area contributed by atoms with Crippen molar-refractivity contribution in [2.75, 3.05) is 6.61 Å². The van der Waals surface area contributed by atoms with E-state index in [1.807, 2.05) is 38.1 Å². The van der Waals surface area contributed by atoms with Gasteiger partial charge in [-0.05, 0) is 41.2 Å². The number of carbonyl (C=O) groups is 1. The van der Waals surface area contributed by atoms with E-state index in [9.17, 15) is 9.90 Å². The van der Waals surface area contributed by atoms with Crippen LogP contribution >= 0.6 is 0 Å². The number of hydrogen-bond acceptors (Lipinski definition) is 4. The number of hydrogen-bond donors (Lipinski definition) is 3. The smallest absolute Gasteiger partial charge is 0.306 e. The number of aliphatic hydroxyl groups is 1. The van der Waals surface area contributed by atoms with Crippen molar-refractivity contribution < 1.29 is 19.7 Å². The highest BCUT2D eigenvalue weighted by atomic mass is 16.5. The fourth-order valence-corrected chi connectivity index (χ4v) is 4.01. The van der Waals surface area contributed by atoms with Crippen LogP contribution < -0.4 is 5.32 Å². The van der Waals surface area contributed by atoms with E-state index in [0.717, 1.165) is 0 Å². The van der Waals surface area contributed by atoms with Gasteiger partial charge in [0.05, 0.1) is 18.6 Å². The van der Waals surface area contributed by atoms with E-state index in [1.165, 1.54) is 22.3 Å². The number of benzene rings is 2. The first-order chi connectivity index (χ1) is 13.9. The van der Waals surface area contributed by atoms with Crippen molar-refractivity contribution in [2.24, 2.45) is 5.92 Å². The molecule has 0 saturated heterocycles. The number of carboxylic acids is 1. The van der Waals surface area contributed by atoms with Crippen LogP contribution in [0, 0.1) is 5.92 Å². The van der Waals surface area contributed by atoms with Crippen LogP contribution in [0.2, 0.25) is 0 Å². The highest BCUT2D eigenvalue weighted by molar-refractivity contribution is 5.78. The Labute approximate surface area is 172 Å². The van der Waals surface area contributed by atoms with Crippen molar-refractivity contribution >= 4 is 5.97 Å². The van der Waals surface area contributed by atoms with E-state index in [-0.39, 0.29) is 18.3 Å². The summed E-state index contributed by atoms with van der Waals surface area (Å²) < 4.78 is 5.94. The van der Waals surface area contributed by atoms with Gasteiger partial charge in [-0.2, -0.15) is 0 Å². The Bertz CT molecular complexity index is 831. The molecule has 0 radical (unpaired) electrons. The third-order valence-electron chi connectivity index (χ3n) is 5.31. The van der Waals surface area contributed by atoms with Gasteiger partial charge < -0.3 is 20.3 Å². The molecule has 2 aromatic carbocycles. The lowest BCUT2D eigenvalue weighted by Crippen LogP contribution is -2.42. The van der Waals surface area contributed by atoms with Crippen molar-refractivity contribution in [1.82, 2.24) is 5.32 Å². The number of rotatable bonds is 10. The molecule has 0 aromatic heterocycles. The average molecular weight is 395 g/mol. The molecule has 0 spiro atoms. The minimum Gasteiger partial charge on any atom is -0.481 e. The van der Waals surface area contributed by atoms with Crippen molar-refractivity contribution in [3.63, 3.8) is 0 Å². The fourth-order valence-electron chi connectivity index (χ4n) is 4.01. The molecule has 0 saturated carbocycles. The predicted molar refractivity (Wildman–Crippen MR) is 113 cm³/mol. The Morgan fingerprint density at radius 1 is 1.10 bits per heavy atom. The van der Waals surface area contributed by atoms with Crippen LogP contribution in [0.3, 0.4) is 0 Å². The summed E-state index contributed by atoms with van der Waals surface area (Å²) in [6.45, 7) is 8.42. The Hall–Kier alpha value is -2.79. The van der Waals surface area contributed by atoms with Crippen molar-refractivity contribution in [1.29, 1.82) is 0 Å². The van der Waals surface area contributed by atoms with Crippen molar-refractivity contribution in [3.05, 3.63) is 72.1 Å². The molecule has 2 aromatic rings. The second-order valence-corrected chi connectivity index (χ2v) is 8.01. The van der Waals surface area contributed by atoms with Gasteiger partial charge in [-0.1, -0.05) is 62.4 Å².